The highest BCUT2D eigenvalue weighted by Crippen LogP contribution is 2.14. The Bertz CT molecular complexity index is 393. The van der Waals surface area contributed by atoms with Gasteiger partial charge < -0.3 is 4.90 Å². The Morgan fingerprint density at radius 3 is 2.62 bits per heavy atom. The third-order valence-corrected chi connectivity index (χ3v) is 2.73. The van der Waals surface area contributed by atoms with Crippen molar-refractivity contribution in [1.82, 2.24) is 4.90 Å². The predicted molar refractivity (Wildman–Crippen MR) is 58.2 cm³/mol. The molecule has 0 fully saturated rings. The summed E-state index contributed by atoms with van der Waals surface area (Å²) in [7, 11) is 1.58. The maximum Gasteiger partial charge on any atom is 0.256 e. The molecule has 0 aliphatic rings. The first-order valence-corrected chi connectivity index (χ1v) is 5.19. The van der Waals surface area contributed by atoms with E-state index in [-0.39, 0.29) is 11.6 Å². The van der Waals surface area contributed by atoms with E-state index in [2.05, 4.69) is 0 Å². The summed E-state index contributed by atoms with van der Waals surface area (Å²) in [6.45, 7) is 3.78. The average Bonchev–Trinajstić information content (AvgIpc) is 2.29. The Morgan fingerprint density at radius 2 is 2.06 bits per heavy atom. The van der Waals surface area contributed by atoms with Crippen LogP contribution in [0.4, 0.5) is 8.78 Å². The van der Waals surface area contributed by atoms with Gasteiger partial charge in [0.05, 0.1) is 5.56 Å². The van der Waals surface area contributed by atoms with Crippen molar-refractivity contribution in [2.45, 2.75) is 26.3 Å². The molecule has 0 heterocycles. The summed E-state index contributed by atoms with van der Waals surface area (Å²) in [5, 5.41) is 0. The molecule has 0 saturated heterocycles. The minimum atomic E-state index is -0.693. The Kier molecular flexibility index (Phi) is 3.99. The Hall–Kier alpha value is -1.45. The minimum Gasteiger partial charge on any atom is -0.339 e. The van der Waals surface area contributed by atoms with Gasteiger partial charge in [0, 0.05) is 13.1 Å². The van der Waals surface area contributed by atoms with Crippen LogP contribution in [0.5, 0.6) is 0 Å². The van der Waals surface area contributed by atoms with E-state index in [0.29, 0.717) is 0 Å². The fraction of sp³-hybridized carbons (Fsp3) is 0.417. The SMILES string of the molecule is CCC(C)N(C)C(=O)c1cc(F)ccc1F. The number of carbonyl (C=O) groups is 1. The molecule has 0 radical (unpaired) electrons. The number of halogens is 2. The third kappa shape index (κ3) is 2.56. The number of rotatable bonds is 3. The lowest BCUT2D eigenvalue weighted by atomic mass is 10.1. The first kappa shape index (κ1) is 12.6. The molecule has 0 spiro atoms. The van der Waals surface area contributed by atoms with Gasteiger partial charge in [0.1, 0.15) is 11.6 Å². The van der Waals surface area contributed by atoms with E-state index in [1.807, 2.05) is 13.8 Å². The average molecular weight is 227 g/mol. The van der Waals surface area contributed by atoms with Crippen molar-refractivity contribution in [3.8, 4) is 0 Å². The van der Waals surface area contributed by atoms with Crippen LogP contribution in [0, 0.1) is 11.6 Å². The second-order valence-corrected chi connectivity index (χ2v) is 3.80. The second-order valence-electron chi connectivity index (χ2n) is 3.80. The van der Waals surface area contributed by atoms with Crippen LogP contribution >= 0.6 is 0 Å². The third-order valence-electron chi connectivity index (χ3n) is 2.73. The van der Waals surface area contributed by atoms with Gasteiger partial charge in [-0.05, 0) is 31.5 Å². The molecule has 1 unspecified atom stereocenters. The zero-order valence-corrected chi connectivity index (χ0v) is 9.63. The lowest BCUT2D eigenvalue weighted by Crippen LogP contribution is -2.35. The van der Waals surface area contributed by atoms with Gasteiger partial charge in [-0.1, -0.05) is 6.92 Å². The fourth-order valence-corrected chi connectivity index (χ4v) is 1.33. The number of amides is 1. The molecule has 1 atom stereocenters. The van der Waals surface area contributed by atoms with Crippen molar-refractivity contribution in [2.75, 3.05) is 7.05 Å². The first-order valence-electron chi connectivity index (χ1n) is 5.19. The number of benzene rings is 1. The van der Waals surface area contributed by atoms with E-state index in [0.717, 1.165) is 24.6 Å². The fourth-order valence-electron chi connectivity index (χ4n) is 1.33. The molecule has 2 nitrogen and oxygen atoms in total. The van der Waals surface area contributed by atoms with E-state index >= 15 is 0 Å². The second kappa shape index (κ2) is 5.05. The van der Waals surface area contributed by atoms with Crippen molar-refractivity contribution in [3.63, 3.8) is 0 Å². The van der Waals surface area contributed by atoms with Gasteiger partial charge in [-0.15, -0.1) is 0 Å². The molecule has 0 bridgehead atoms. The molecule has 0 N–H and O–H groups in total. The van der Waals surface area contributed by atoms with Gasteiger partial charge in [0.2, 0.25) is 0 Å². The molecule has 1 aromatic rings. The topological polar surface area (TPSA) is 20.3 Å². The Labute approximate surface area is 93.9 Å². The van der Waals surface area contributed by atoms with Crippen LogP contribution in [0.1, 0.15) is 30.6 Å². The highest BCUT2D eigenvalue weighted by Gasteiger charge is 2.19. The van der Waals surface area contributed by atoms with Crippen LogP contribution in [0.25, 0.3) is 0 Å². The molecular weight excluding hydrogens is 212 g/mol. The summed E-state index contributed by atoms with van der Waals surface area (Å²) in [4.78, 5) is 13.3. The molecule has 1 amide bonds. The number of hydrogen-bond donors (Lipinski definition) is 0. The predicted octanol–water partition coefficient (Wildman–Crippen LogP) is 2.84. The van der Waals surface area contributed by atoms with Gasteiger partial charge >= 0.3 is 0 Å². The molecule has 1 rings (SSSR count). The highest BCUT2D eigenvalue weighted by molar-refractivity contribution is 5.94. The van der Waals surface area contributed by atoms with Crippen molar-refractivity contribution in [1.29, 1.82) is 0 Å². The summed E-state index contributed by atoms with van der Waals surface area (Å²) in [6, 6.07) is 2.88. The van der Waals surface area contributed by atoms with Crippen LogP contribution < -0.4 is 0 Å². The Balaban J connectivity index is 3.00. The van der Waals surface area contributed by atoms with Crippen molar-refractivity contribution >= 4 is 5.91 Å². The zero-order chi connectivity index (χ0) is 12.3. The summed E-state index contributed by atoms with van der Waals surface area (Å²) in [6.07, 6.45) is 0.763. The quantitative estimate of drug-likeness (QED) is 0.777. The largest absolute Gasteiger partial charge is 0.339 e. The smallest absolute Gasteiger partial charge is 0.256 e. The van der Waals surface area contributed by atoms with Crippen LogP contribution in [0.15, 0.2) is 18.2 Å². The van der Waals surface area contributed by atoms with Crippen LogP contribution in [0.3, 0.4) is 0 Å². The lowest BCUT2D eigenvalue weighted by Gasteiger charge is -2.24. The molecule has 0 aliphatic heterocycles. The highest BCUT2D eigenvalue weighted by atomic mass is 19.1. The standard InChI is InChI=1S/C12H15F2NO/c1-4-8(2)15(3)12(16)10-7-9(13)5-6-11(10)14/h5-8H,4H2,1-3H3. The van der Waals surface area contributed by atoms with Crippen LogP contribution in [-0.4, -0.2) is 23.9 Å². The number of carbonyl (C=O) groups excluding carboxylic acids is 1. The van der Waals surface area contributed by atoms with Crippen molar-refractivity contribution in [3.05, 3.63) is 35.4 Å². The molecule has 88 valence electrons. The first-order chi connectivity index (χ1) is 7.47. The molecule has 0 aromatic heterocycles. The summed E-state index contributed by atoms with van der Waals surface area (Å²) in [5.74, 6) is -1.80. The molecule has 16 heavy (non-hydrogen) atoms. The van der Waals surface area contributed by atoms with Crippen LogP contribution in [-0.2, 0) is 0 Å². The summed E-state index contributed by atoms with van der Waals surface area (Å²) >= 11 is 0. The number of nitrogens with zero attached hydrogens (tertiary/aromatic N) is 1. The molecule has 0 saturated carbocycles. The molecule has 0 aliphatic carbocycles. The monoisotopic (exact) mass is 227 g/mol. The molecule has 1 aromatic carbocycles. The molecular formula is C12H15F2NO. The van der Waals surface area contributed by atoms with E-state index in [9.17, 15) is 13.6 Å². The van der Waals surface area contributed by atoms with Crippen LogP contribution in [0.2, 0.25) is 0 Å². The molecule has 4 heteroatoms. The maximum atomic E-state index is 13.3. The van der Waals surface area contributed by atoms with Crippen molar-refractivity contribution < 1.29 is 13.6 Å². The normalized spacial score (nSPS) is 12.3. The maximum absolute atomic E-state index is 13.3. The minimum absolute atomic E-state index is 0.00447. The van der Waals surface area contributed by atoms with Gasteiger partial charge in [-0.2, -0.15) is 0 Å². The van der Waals surface area contributed by atoms with E-state index in [1.54, 1.807) is 7.05 Å². The Morgan fingerprint density at radius 1 is 1.44 bits per heavy atom. The van der Waals surface area contributed by atoms with Gasteiger partial charge in [0.25, 0.3) is 5.91 Å². The lowest BCUT2D eigenvalue weighted by molar-refractivity contribution is 0.0735. The number of hydrogen-bond acceptors (Lipinski definition) is 1. The van der Waals surface area contributed by atoms with Gasteiger partial charge in [-0.25, -0.2) is 8.78 Å². The zero-order valence-electron chi connectivity index (χ0n) is 9.63. The van der Waals surface area contributed by atoms with Crippen molar-refractivity contribution in [2.24, 2.45) is 0 Å². The van der Waals surface area contributed by atoms with Gasteiger partial charge in [-0.3, -0.25) is 4.79 Å². The summed E-state index contributed by atoms with van der Waals surface area (Å²) < 4.78 is 26.3. The summed E-state index contributed by atoms with van der Waals surface area (Å²) in [5.41, 5.74) is -0.220. The van der Waals surface area contributed by atoms with E-state index < -0.39 is 17.5 Å². The van der Waals surface area contributed by atoms with E-state index in [1.165, 1.54) is 4.90 Å². The van der Waals surface area contributed by atoms with Gasteiger partial charge in [0.15, 0.2) is 0 Å². The van der Waals surface area contributed by atoms with E-state index in [4.69, 9.17) is 0 Å².